The van der Waals surface area contributed by atoms with Crippen LogP contribution in [0.3, 0.4) is 0 Å². The summed E-state index contributed by atoms with van der Waals surface area (Å²) in [6.45, 7) is 4.02. The van der Waals surface area contributed by atoms with Crippen molar-refractivity contribution in [1.82, 2.24) is 10.3 Å². The number of hydrogen-bond acceptors (Lipinski definition) is 4. The highest BCUT2D eigenvalue weighted by Crippen LogP contribution is 2.23. The van der Waals surface area contributed by atoms with E-state index in [0.717, 1.165) is 22.0 Å². The van der Waals surface area contributed by atoms with E-state index in [4.69, 9.17) is 4.42 Å². The molecule has 4 rings (SSSR count). The summed E-state index contributed by atoms with van der Waals surface area (Å²) in [4.78, 5) is 28.9. The lowest BCUT2D eigenvalue weighted by Gasteiger charge is -2.16. The number of carbonyl (C=O) groups is 1. The lowest BCUT2D eigenvalue weighted by Crippen LogP contribution is -2.30. The minimum absolute atomic E-state index is 0.151. The summed E-state index contributed by atoms with van der Waals surface area (Å²) in [5.41, 5.74) is 3.46. The highest BCUT2D eigenvalue weighted by Gasteiger charge is 2.21. The van der Waals surface area contributed by atoms with Crippen molar-refractivity contribution in [2.75, 3.05) is 0 Å². The number of benzene rings is 1. The van der Waals surface area contributed by atoms with Gasteiger partial charge in [0, 0.05) is 12.0 Å². The molecule has 0 saturated heterocycles. The van der Waals surface area contributed by atoms with Crippen molar-refractivity contribution in [2.45, 2.75) is 26.3 Å². The van der Waals surface area contributed by atoms with Crippen LogP contribution in [0.15, 0.2) is 63.3 Å². The molecule has 5 nitrogen and oxygen atoms in total. The predicted octanol–water partition coefficient (Wildman–Crippen LogP) is 4.51. The third-order valence-corrected chi connectivity index (χ3v) is 5.60. The third kappa shape index (κ3) is 3.64. The summed E-state index contributed by atoms with van der Waals surface area (Å²) in [5.74, 6) is 0.435. The molecule has 3 heterocycles. The number of fused-ring (bicyclic) bond motifs is 1. The number of nitrogens with one attached hydrogen (secondary N) is 2. The van der Waals surface area contributed by atoms with Crippen LogP contribution < -0.4 is 10.9 Å². The topological polar surface area (TPSA) is 75.1 Å². The number of amides is 1. The Bertz CT molecular complexity index is 1170. The van der Waals surface area contributed by atoms with E-state index in [0.29, 0.717) is 22.6 Å². The van der Waals surface area contributed by atoms with E-state index in [-0.39, 0.29) is 11.5 Å². The lowest BCUT2D eigenvalue weighted by atomic mass is 10.0. The molecule has 1 aromatic carbocycles. The maximum atomic E-state index is 12.7. The van der Waals surface area contributed by atoms with Gasteiger partial charge in [-0.1, -0.05) is 17.7 Å². The first kappa shape index (κ1) is 18.3. The zero-order chi connectivity index (χ0) is 19.7. The Balaban J connectivity index is 1.69. The molecule has 0 bridgehead atoms. The average molecular weight is 392 g/mol. The van der Waals surface area contributed by atoms with Crippen LogP contribution in [0, 0.1) is 13.8 Å². The van der Waals surface area contributed by atoms with E-state index in [1.54, 1.807) is 18.4 Å². The minimum Gasteiger partial charge on any atom is -0.467 e. The van der Waals surface area contributed by atoms with Gasteiger partial charge in [0.25, 0.3) is 11.5 Å². The van der Waals surface area contributed by atoms with E-state index in [9.17, 15) is 9.59 Å². The number of aromatic amines is 1. The quantitative estimate of drug-likeness (QED) is 0.525. The fourth-order valence-corrected chi connectivity index (χ4v) is 4.08. The second-order valence-corrected chi connectivity index (χ2v) is 7.84. The lowest BCUT2D eigenvalue weighted by molar-refractivity contribution is 0.0935. The second-order valence-electron chi connectivity index (χ2n) is 6.89. The van der Waals surface area contributed by atoms with Gasteiger partial charge in [-0.25, -0.2) is 0 Å². The minimum atomic E-state index is -0.436. The van der Waals surface area contributed by atoms with Gasteiger partial charge < -0.3 is 14.7 Å². The monoisotopic (exact) mass is 392 g/mol. The van der Waals surface area contributed by atoms with Crippen LogP contribution >= 0.6 is 11.3 Å². The highest BCUT2D eigenvalue weighted by atomic mass is 32.1. The fraction of sp³-hybridized carbons (Fsp3) is 0.182. The SMILES string of the molecule is Cc1cc(C)c2[nH]c(=O)c(CC(NC(=O)c3cccs3)c3ccco3)cc2c1. The van der Waals surface area contributed by atoms with Crippen molar-refractivity contribution in [2.24, 2.45) is 0 Å². The van der Waals surface area contributed by atoms with Gasteiger partial charge >= 0.3 is 0 Å². The molecule has 0 fully saturated rings. The molecule has 142 valence electrons. The first-order valence-electron chi connectivity index (χ1n) is 9.02. The molecule has 2 N–H and O–H groups in total. The van der Waals surface area contributed by atoms with Crippen LogP contribution in [0.2, 0.25) is 0 Å². The number of aromatic nitrogens is 1. The fourth-order valence-electron chi connectivity index (χ4n) is 3.45. The molecule has 0 radical (unpaired) electrons. The number of aryl methyl sites for hydroxylation is 2. The number of H-pyrrole nitrogens is 1. The van der Waals surface area contributed by atoms with E-state index in [1.807, 2.05) is 49.6 Å². The number of pyridine rings is 1. The summed E-state index contributed by atoms with van der Waals surface area (Å²) in [6, 6.07) is 12.8. The van der Waals surface area contributed by atoms with Gasteiger partial charge in [0.1, 0.15) is 5.76 Å². The first-order valence-corrected chi connectivity index (χ1v) is 9.90. The van der Waals surface area contributed by atoms with E-state index in [2.05, 4.69) is 10.3 Å². The first-order chi connectivity index (χ1) is 13.5. The second kappa shape index (κ2) is 7.48. The molecule has 0 spiro atoms. The molecular weight excluding hydrogens is 372 g/mol. The normalized spacial score (nSPS) is 12.2. The van der Waals surface area contributed by atoms with Crippen molar-refractivity contribution >= 4 is 28.1 Å². The molecule has 4 aromatic rings. The van der Waals surface area contributed by atoms with Gasteiger partial charge in [0.15, 0.2) is 0 Å². The zero-order valence-corrected chi connectivity index (χ0v) is 16.4. The van der Waals surface area contributed by atoms with Gasteiger partial charge in [0.05, 0.1) is 22.7 Å². The molecule has 3 aromatic heterocycles. The Labute approximate surface area is 166 Å². The molecular formula is C22H20N2O3S. The summed E-state index contributed by atoms with van der Waals surface area (Å²) < 4.78 is 5.53. The predicted molar refractivity (Wildman–Crippen MR) is 111 cm³/mol. The van der Waals surface area contributed by atoms with E-state index >= 15 is 0 Å². The van der Waals surface area contributed by atoms with Crippen molar-refractivity contribution < 1.29 is 9.21 Å². The molecule has 0 saturated carbocycles. The van der Waals surface area contributed by atoms with Gasteiger partial charge in [-0.05, 0) is 60.5 Å². The largest absolute Gasteiger partial charge is 0.467 e. The third-order valence-electron chi connectivity index (χ3n) is 4.73. The molecule has 0 aliphatic rings. The number of thiophene rings is 1. The maximum Gasteiger partial charge on any atom is 0.261 e. The number of hydrogen-bond donors (Lipinski definition) is 2. The van der Waals surface area contributed by atoms with Gasteiger partial charge in [-0.3, -0.25) is 9.59 Å². The molecule has 28 heavy (non-hydrogen) atoms. The summed E-state index contributed by atoms with van der Waals surface area (Å²) in [6.07, 6.45) is 1.90. The van der Waals surface area contributed by atoms with Crippen LogP contribution in [0.1, 0.15) is 38.2 Å². The van der Waals surface area contributed by atoms with Gasteiger partial charge in [-0.15, -0.1) is 11.3 Å². The molecule has 0 aliphatic carbocycles. The van der Waals surface area contributed by atoms with Gasteiger partial charge in [-0.2, -0.15) is 0 Å². The Morgan fingerprint density at radius 2 is 2.07 bits per heavy atom. The van der Waals surface area contributed by atoms with Crippen molar-refractivity contribution in [3.05, 3.63) is 91.8 Å². The van der Waals surface area contributed by atoms with Gasteiger partial charge in [0.2, 0.25) is 0 Å². The summed E-state index contributed by atoms with van der Waals surface area (Å²) in [5, 5.41) is 5.83. The summed E-state index contributed by atoms with van der Waals surface area (Å²) in [7, 11) is 0. The number of rotatable bonds is 5. The van der Waals surface area contributed by atoms with Crippen LogP contribution in [-0.4, -0.2) is 10.9 Å². The Kier molecular flexibility index (Phi) is 4.88. The van der Waals surface area contributed by atoms with E-state index in [1.165, 1.54) is 11.3 Å². The number of furan rings is 1. The Hall–Kier alpha value is -3.12. The van der Waals surface area contributed by atoms with Crippen molar-refractivity contribution in [3.63, 3.8) is 0 Å². The standard InChI is InChI=1S/C22H20N2O3S/c1-13-9-14(2)20-15(10-13)11-16(21(25)24-20)12-17(18-5-3-7-27-18)23-22(26)19-6-4-8-28-19/h3-11,17H,12H2,1-2H3,(H,23,26)(H,24,25). The molecule has 1 amide bonds. The zero-order valence-electron chi connectivity index (χ0n) is 15.6. The van der Waals surface area contributed by atoms with Crippen molar-refractivity contribution in [3.8, 4) is 0 Å². The maximum absolute atomic E-state index is 12.7. The Morgan fingerprint density at radius 1 is 1.21 bits per heavy atom. The molecule has 1 unspecified atom stereocenters. The molecule has 1 atom stereocenters. The van der Waals surface area contributed by atoms with Crippen LogP contribution in [0.4, 0.5) is 0 Å². The summed E-state index contributed by atoms with van der Waals surface area (Å²) >= 11 is 1.37. The Morgan fingerprint density at radius 3 is 2.79 bits per heavy atom. The molecule has 6 heteroatoms. The van der Waals surface area contributed by atoms with Crippen molar-refractivity contribution in [1.29, 1.82) is 0 Å². The number of carbonyl (C=O) groups excluding carboxylic acids is 1. The van der Waals surface area contributed by atoms with Crippen LogP contribution in [0.25, 0.3) is 10.9 Å². The van der Waals surface area contributed by atoms with Crippen LogP contribution in [-0.2, 0) is 6.42 Å². The smallest absolute Gasteiger partial charge is 0.261 e. The van der Waals surface area contributed by atoms with E-state index < -0.39 is 6.04 Å². The average Bonchev–Trinajstić information content (AvgIpc) is 3.36. The highest BCUT2D eigenvalue weighted by molar-refractivity contribution is 7.12. The van der Waals surface area contributed by atoms with Crippen LogP contribution in [0.5, 0.6) is 0 Å². The molecule has 0 aliphatic heterocycles.